The van der Waals surface area contributed by atoms with Gasteiger partial charge in [-0.2, -0.15) is 0 Å². The van der Waals surface area contributed by atoms with Crippen LogP contribution < -0.4 is 0 Å². The van der Waals surface area contributed by atoms with Crippen molar-refractivity contribution in [3.05, 3.63) is 237 Å². The number of nitrogens with zero attached hydrogens (tertiary/aromatic N) is 3. The molecule has 16 aromatic rings. The summed E-state index contributed by atoms with van der Waals surface area (Å²) in [5, 5.41) is 19.3. The first-order valence-corrected chi connectivity index (χ1v) is 24.1. The lowest BCUT2D eigenvalue weighted by molar-refractivity contribution is 1.18. The Balaban J connectivity index is 1.07. The zero-order valence-electron chi connectivity index (χ0n) is 37.9. The molecule has 4 heteroatoms. The van der Waals surface area contributed by atoms with Crippen molar-refractivity contribution in [1.29, 1.82) is 0 Å². The Morgan fingerprint density at radius 3 is 0.657 bits per heavy atom. The van der Waals surface area contributed by atoms with Gasteiger partial charge in [0.1, 0.15) is 0 Å². The predicted octanol–water partition coefficient (Wildman–Crippen LogP) is 17.8. The predicted molar refractivity (Wildman–Crippen MR) is 298 cm³/mol. The van der Waals surface area contributed by atoms with Crippen molar-refractivity contribution in [2.45, 2.75) is 0 Å². The molecule has 0 spiro atoms. The Bertz CT molecular complexity index is 4630. The van der Waals surface area contributed by atoms with E-state index in [1.165, 1.54) is 119 Å². The molecule has 0 aliphatic rings. The van der Waals surface area contributed by atoms with Gasteiger partial charge in [-0.3, -0.25) is 0 Å². The van der Waals surface area contributed by atoms with Crippen LogP contribution in [0.4, 0.5) is 0 Å². The smallest absolute Gasteiger partial charge is 0.0541 e. The average Bonchev–Trinajstić information content (AvgIpc) is 4.16. The first-order valence-electron chi connectivity index (χ1n) is 24.1. The maximum atomic E-state index is 3.74. The van der Waals surface area contributed by atoms with Crippen LogP contribution in [0.15, 0.2) is 237 Å². The molecule has 0 amide bonds. The molecular weight excluding hydrogens is 849 g/mol. The van der Waals surface area contributed by atoms with Gasteiger partial charge in [-0.05, 0) is 177 Å². The molecule has 0 unspecified atom stereocenters. The second-order valence-electron chi connectivity index (χ2n) is 19.1. The fourth-order valence-corrected chi connectivity index (χ4v) is 12.0. The van der Waals surface area contributed by atoms with Gasteiger partial charge in [-0.1, -0.05) is 103 Å². The molecule has 70 heavy (non-hydrogen) atoms. The Morgan fingerprint density at radius 1 is 0.200 bits per heavy atom. The number of rotatable bonds is 3. The molecule has 1 N–H and O–H groups in total. The maximum absolute atomic E-state index is 3.74. The third-order valence-corrected chi connectivity index (χ3v) is 15.3. The lowest BCUT2D eigenvalue weighted by Crippen LogP contribution is -1.93. The minimum Gasteiger partial charge on any atom is -0.355 e. The van der Waals surface area contributed by atoms with Crippen LogP contribution in [0.3, 0.4) is 0 Å². The van der Waals surface area contributed by atoms with E-state index in [1.54, 1.807) is 0 Å². The van der Waals surface area contributed by atoms with Crippen LogP contribution in [-0.4, -0.2) is 18.7 Å². The van der Waals surface area contributed by atoms with Gasteiger partial charge in [0.25, 0.3) is 0 Å². The number of aromatic amines is 1. The van der Waals surface area contributed by atoms with Crippen molar-refractivity contribution in [3.8, 4) is 17.1 Å². The van der Waals surface area contributed by atoms with Crippen LogP contribution in [-0.2, 0) is 0 Å². The average molecular weight is 889 g/mol. The highest BCUT2D eigenvalue weighted by Gasteiger charge is 2.18. The summed E-state index contributed by atoms with van der Waals surface area (Å²) in [6.45, 7) is 0. The van der Waals surface area contributed by atoms with Crippen LogP contribution in [0.1, 0.15) is 0 Å². The van der Waals surface area contributed by atoms with Crippen molar-refractivity contribution in [3.63, 3.8) is 0 Å². The van der Waals surface area contributed by atoms with E-state index in [4.69, 9.17) is 0 Å². The standard InChI is InChI=1S/C66H40N4/c1-4-10-48(11-5-1)68-61-26-18-42-34-53(61)55-36-44(20-28-63(55)68)46-22-30-65-57(38-46)58-39-47(23-31-66(58)70(65)50-14-8-3-9-15-50)45-21-29-64-56(37-45)54-35-43(19-27-62(54)69(64)49-12-6-2-7-13-49)41-17-25-60-52(33-41)51-32-40(42)16-24-59(51)67-60/h1-39,67H. The van der Waals surface area contributed by atoms with Gasteiger partial charge in [-0.25, -0.2) is 0 Å². The maximum Gasteiger partial charge on any atom is 0.0541 e. The summed E-state index contributed by atoms with van der Waals surface area (Å²) in [5.74, 6) is 0. The van der Waals surface area contributed by atoms with Gasteiger partial charge in [0, 0.05) is 71.2 Å². The van der Waals surface area contributed by atoms with Gasteiger partial charge in [-0.15, -0.1) is 0 Å². The summed E-state index contributed by atoms with van der Waals surface area (Å²) in [7, 11) is 0. The number of hydrogen-bond donors (Lipinski definition) is 1. The van der Waals surface area contributed by atoms with E-state index in [0.717, 1.165) is 28.1 Å². The topological polar surface area (TPSA) is 30.6 Å². The minimum atomic E-state index is 1.13. The monoisotopic (exact) mass is 888 g/mol. The quantitative estimate of drug-likeness (QED) is 0.183. The van der Waals surface area contributed by atoms with Gasteiger partial charge in [0.05, 0.1) is 33.1 Å². The van der Waals surface area contributed by atoms with Crippen LogP contribution in [0.25, 0.3) is 147 Å². The number of nitrogens with one attached hydrogen (secondary N) is 1. The van der Waals surface area contributed by atoms with Gasteiger partial charge in [0.15, 0.2) is 0 Å². The van der Waals surface area contributed by atoms with Crippen LogP contribution in [0.2, 0.25) is 0 Å². The van der Waals surface area contributed by atoms with E-state index in [-0.39, 0.29) is 0 Å². The lowest BCUT2D eigenvalue weighted by atomic mass is 10.0. The highest BCUT2D eigenvalue weighted by molar-refractivity contribution is 6.19. The summed E-state index contributed by atoms with van der Waals surface area (Å²) in [6.07, 6.45) is 0. The largest absolute Gasteiger partial charge is 0.355 e. The Labute approximate surface area is 400 Å². The normalized spacial score (nSPS) is 12.3. The van der Waals surface area contributed by atoms with Gasteiger partial charge in [0.2, 0.25) is 0 Å². The molecule has 0 aliphatic heterocycles. The molecule has 12 aromatic carbocycles. The molecule has 324 valence electrons. The number of aromatic nitrogens is 4. The molecule has 4 nitrogen and oxygen atoms in total. The first kappa shape index (κ1) is 37.7. The van der Waals surface area contributed by atoms with E-state index in [1.807, 2.05) is 0 Å². The van der Waals surface area contributed by atoms with E-state index >= 15 is 0 Å². The van der Waals surface area contributed by atoms with Crippen molar-refractivity contribution in [2.75, 3.05) is 0 Å². The van der Waals surface area contributed by atoms with E-state index in [0.29, 0.717) is 0 Å². The zero-order valence-corrected chi connectivity index (χ0v) is 37.9. The van der Waals surface area contributed by atoms with Gasteiger partial charge >= 0.3 is 0 Å². The number of hydrogen-bond acceptors (Lipinski definition) is 0. The molecule has 0 atom stereocenters. The molecule has 0 radical (unpaired) electrons. The summed E-state index contributed by atoms with van der Waals surface area (Å²) < 4.78 is 7.26. The highest BCUT2D eigenvalue weighted by atomic mass is 15.0. The molecule has 0 aliphatic carbocycles. The third kappa shape index (κ3) is 5.36. The molecule has 16 rings (SSSR count). The Hall–Kier alpha value is -9.38. The molecule has 16 bridgehead atoms. The summed E-state index contributed by atoms with van der Waals surface area (Å²) in [4.78, 5) is 3.74. The van der Waals surface area contributed by atoms with Crippen LogP contribution in [0, 0.1) is 0 Å². The Morgan fingerprint density at radius 2 is 0.414 bits per heavy atom. The minimum absolute atomic E-state index is 1.13. The number of H-pyrrole nitrogens is 1. The van der Waals surface area contributed by atoms with Crippen molar-refractivity contribution < 1.29 is 0 Å². The molecule has 4 heterocycles. The van der Waals surface area contributed by atoms with Crippen LogP contribution in [0.5, 0.6) is 0 Å². The van der Waals surface area contributed by atoms with Crippen molar-refractivity contribution in [2.24, 2.45) is 0 Å². The number of para-hydroxylation sites is 3. The van der Waals surface area contributed by atoms with E-state index in [2.05, 4.69) is 255 Å². The van der Waals surface area contributed by atoms with Crippen molar-refractivity contribution in [1.82, 2.24) is 18.7 Å². The third-order valence-electron chi connectivity index (χ3n) is 15.3. The van der Waals surface area contributed by atoms with Gasteiger partial charge < -0.3 is 18.7 Å². The van der Waals surface area contributed by atoms with Crippen LogP contribution >= 0.6 is 0 Å². The zero-order chi connectivity index (χ0) is 45.6. The lowest BCUT2D eigenvalue weighted by Gasteiger charge is -2.08. The second kappa shape index (κ2) is 14.1. The number of fused-ring (bicyclic) bond motifs is 12. The first-order chi connectivity index (χ1) is 34.7. The Kier molecular flexibility index (Phi) is 7.58. The SMILES string of the molecule is c1ccc(-n2c3ccc4cc3c3cc(ccc32)c2ccc3c(c2)c2cc(ccc2n3-c2ccccc2)c2ccc3c(c2)c2cc(ccc2n3-c2ccccc2)c2ccc3[nH]c5ccc4cc5c3c2)cc1. The van der Waals surface area contributed by atoms with E-state index < -0.39 is 0 Å². The molecule has 0 fully saturated rings. The summed E-state index contributed by atoms with van der Waals surface area (Å²) >= 11 is 0. The molecule has 0 saturated carbocycles. The fourth-order valence-electron chi connectivity index (χ4n) is 12.0. The molecule has 4 aromatic heterocycles. The summed E-state index contributed by atoms with van der Waals surface area (Å²) in [5.41, 5.74) is 12.8. The van der Waals surface area contributed by atoms with Crippen molar-refractivity contribution >= 4 is 130 Å². The van der Waals surface area contributed by atoms with E-state index in [9.17, 15) is 0 Å². The molecule has 0 saturated heterocycles. The fraction of sp³-hybridized carbons (Fsp3) is 0. The molecular formula is C66H40N4. The summed E-state index contributed by atoms with van der Waals surface area (Å²) in [6, 6.07) is 88.3. The highest BCUT2D eigenvalue weighted by Crippen LogP contribution is 2.41. The number of benzene rings is 11. The second-order valence-corrected chi connectivity index (χ2v) is 19.1.